The van der Waals surface area contributed by atoms with E-state index < -0.39 is 0 Å². The molecule has 0 saturated heterocycles. The maximum atomic E-state index is 2.45. The zero-order valence-corrected chi connectivity index (χ0v) is 22.2. The van der Waals surface area contributed by atoms with Crippen LogP contribution < -0.4 is 0 Å². The van der Waals surface area contributed by atoms with Crippen molar-refractivity contribution in [2.24, 2.45) is 0 Å². The molecule has 0 aliphatic rings. The quantitative estimate of drug-likeness (QED) is 0.124. The average Bonchev–Trinajstić information content (AvgIpc) is 2.70. The van der Waals surface area contributed by atoms with E-state index in [-0.39, 0.29) is 16.2 Å². The number of rotatable bonds is 0. The molecule has 0 saturated carbocycles. The van der Waals surface area contributed by atoms with Gasteiger partial charge in [0.2, 0.25) is 0 Å². The predicted octanol–water partition coefficient (Wildman–Crippen LogP) is 10.2. The Morgan fingerprint density at radius 3 is 1.26 bits per heavy atom. The lowest BCUT2D eigenvalue weighted by Gasteiger charge is -2.25. The van der Waals surface area contributed by atoms with E-state index >= 15 is 0 Å². The molecular weight excluding hydrogens is 408 g/mol. The van der Waals surface area contributed by atoms with Gasteiger partial charge in [-0.25, -0.2) is 0 Å². The van der Waals surface area contributed by atoms with Crippen molar-refractivity contribution >= 4 is 53.9 Å². The summed E-state index contributed by atoms with van der Waals surface area (Å²) < 4.78 is 0. The van der Waals surface area contributed by atoms with Crippen LogP contribution in [0.15, 0.2) is 54.6 Å². The topological polar surface area (TPSA) is 0 Å². The van der Waals surface area contributed by atoms with Crippen LogP contribution in [-0.2, 0) is 16.2 Å². The molecule has 0 heteroatoms. The first-order valence-electron chi connectivity index (χ1n) is 12.7. The lowest BCUT2D eigenvalue weighted by molar-refractivity contribution is 0.591. The summed E-state index contributed by atoms with van der Waals surface area (Å²) in [5.41, 5.74) is 4.54. The molecule has 34 heavy (non-hydrogen) atoms. The van der Waals surface area contributed by atoms with Gasteiger partial charge < -0.3 is 0 Å². The predicted molar refractivity (Wildman–Crippen MR) is 152 cm³/mol. The summed E-state index contributed by atoms with van der Waals surface area (Å²) in [6.07, 6.45) is 0. The molecule has 0 aliphatic heterocycles. The van der Waals surface area contributed by atoms with Crippen molar-refractivity contribution in [2.75, 3.05) is 0 Å². The number of benzene rings is 6. The minimum Gasteiger partial charge on any atom is -0.102 e. The summed E-state index contributed by atoms with van der Waals surface area (Å²) in [6, 6.07) is 22.0. The smallest absolute Gasteiger partial charge is 0.0692 e. The minimum absolute atomic E-state index is 0.107. The van der Waals surface area contributed by atoms with Crippen LogP contribution in [0.4, 0.5) is 0 Å². The Morgan fingerprint density at radius 1 is 0.500 bits per heavy atom. The highest BCUT2D eigenvalue weighted by Gasteiger charge is 2.26. The highest BCUT2D eigenvalue weighted by molar-refractivity contribution is 6.37. The molecule has 0 atom stereocenters. The van der Waals surface area contributed by atoms with Gasteiger partial charge in [-0.15, -0.1) is 12.1 Å². The average molecular weight is 445 g/mol. The summed E-state index contributed by atoms with van der Waals surface area (Å²) in [6.45, 7) is 20.9. The van der Waals surface area contributed by atoms with Crippen molar-refractivity contribution in [1.82, 2.24) is 0 Å². The second kappa shape index (κ2) is 6.42. The van der Waals surface area contributed by atoms with Gasteiger partial charge in [-0.05, 0) is 40.5 Å². The highest BCUT2D eigenvalue weighted by Crippen LogP contribution is 2.47. The molecule has 0 bridgehead atoms. The molecule has 0 aromatic heterocycles. The second-order valence-corrected chi connectivity index (χ2v) is 13.6. The van der Waals surface area contributed by atoms with Gasteiger partial charge in [-0.1, -0.05) is 90.3 Å². The van der Waals surface area contributed by atoms with Gasteiger partial charge in [-0.2, -0.15) is 0 Å². The molecule has 6 rings (SSSR count). The van der Waals surface area contributed by atoms with E-state index in [2.05, 4.69) is 117 Å². The molecular formula is C34H36. The zero-order valence-electron chi connectivity index (χ0n) is 22.2. The fourth-order valence-corrected chi connectivity index (χ4v) is 5.79. The number of hydrogen-bond acceptors (Lipinski definition) is 0. The largest absolute Gasteiger partial charge is 0.102 e. The van der Waals surface area contributed by atoms with E-state index in [9.17, 15) is 0 Å². The summed E-state index contributed by atoms with van der Waals surface area (Å²) in [7, 11) is 0. The Morgan fingerprint density at radius 2 is 0.882 bits per heavy atom. The van der Waals surface area contributed by atoms with Crippen molar-refractivity contribution in [3.8, 4) is 0 Å². The molecule has 0 N–H and O–H groups in total. The van der Waals surface area contributed by atoms with Gasteiger partial charge in [-0.3, -0.25) is 0 Å². The summed E-state index contributed by atoms with van der Waals surface area (Å²) in [5, 5.41) is 14.0. The third-order valence-corrected chi connectivity index (χ3v) is 7.88. The fourth-order valence-electron chi connectivity index (χ4n) is 5.79. The summed E-state index contributed by atoms with van der Waals surface area (Å²) >= 11 is 0. The fraction of sp³-hybridized carbons (Fsp3) is 0.353. The first-order valence-corrected chi connectivity index (χ1v) is 12.7. The van der Waals surface area contributed by atoms with Gasteiger partial charge in [0.05, 0.1) is 21.5 Å². The van der Waals surface area contributed by atoms with Crippen LogP contribution in [0.5, 0.6) is 0 Å². The van der Waals surface area contributed by atoms with Gasteiger partial charge in [0.25, 0.3) is 0 Å². The highest BCUT2D eigenvalue weighted by atomic mass is 14.3. The first kappa shape index (κ1) is 21.7. The van der Waals surface area contributed by atoms with E-state index in [1.165, 1.54) is 70.6 Å². The maximum absolute atomic E-state index is 2.45. The minimum atomic E-state index is 0.107. The van der Waals surface area contributed by atoms with Gasteiger partial charge in [0, 0.05) is 39.2 Å². The van der Waals surface area contributed by atoms with Crippen molar-refractivity contribution in [3.63, 3.8) is 0 Å². The van der Waals surface area contributed by atoms with E-state index in [1.54, 1.807) is 0 Å². The molecule has 6 aromatic carbocycles. The second-order valence-electron chi connectivity index (χ2n) is 13.6. The number of hydrogen-bond donors (Lipinski definition) is 0. The summed E-state index contributed by atoms with van der Waals surface area (Å²) in [5.74, 6) is 0. The third kappa shape index (κ3) is 3.04. The van der Waals surface area contributed by atoms with Crippen LogP contribution >= 0.6 is 0 Å². The Bertz CT molecular complexity index is 1430. The van der Waals surface area contributed by atoms with Crippen LogP contribution in [0.2, 0.25) is 0 Å². The monoisotopic (exact) mass is 444 g/mol. The van der Waals surface area contributed by atoms with Crippen molar-refractivity contribution in [3.05, 3.63) is 71.3 Å². The lowest BCUT2D eigenvalue weighted by atomic mass is 9.78. The van der Waals surface area contributed by atoms with Gasteiger partial charge in [0.1, 0.15) is 0 Å². The van der Waals surface area contributed by atoms with E-state index in [0.717, 1.165) is 0 Å². The van der Waals surface area contributed by atoms with E-state index in [4.69, 9.17) is 0 Å². The molecule has 0 aliphatic carbocycles. The normalized spacial score (nSPS) is 14.0. The third-order valence-electron chi connectivity index (χ3n) is 7.88. The summed E-state index contributed by atoms with van der Waals surface area (Å²) in [4.78, 5) is 0. The Labute approximate surface area is 203 Å². The van der Waals surface area contributed by atoms with Gasteiger partial charge >= 0.3 is 0 Å². The molecule has 0 radical (unpaired) electrons. The van der Waals surface area contributed by atoms with E-state index in [0.29, 0.717) is 0 Å². The molecule has 172 valence electrons. The van der Waals surface area contributed by atoms with Crippen LogP contribution in [0.25, 0.3) is 53.9 Å². The van der Waals surface area contributed by atoms with E-state index in [1.807, 2.05) is 0 Å². The molecule has 6 aromatic rings. The standard InChI is InChI=1S/C34H36/c1-32(2,3)25-13-19-10-21-15-26(33(4,5)6)17-23-12-24-18-27(34(7,8)9)16-22-11-20(14-25)28(19)31(29(21)23)30(22)24/h10-18H,1-9H3. The van der Waals surface area contributed by atoms with Crippen molar-refractivity contribution in [1.29, 1.82) is 0 Å². The van der Waals surface area contributed by atoms with Gasteiger partial charge in [0.15, 0.2) is 0 Å². The Kier molecular flexibility index (Phi) is 4.09. The first-order chi connectivity index (χ1) is 15.7. The molecule has 0 fully saturated rings. The molecule has 0 spiro atoms. The molecule has 0 unspecified atom stereocenters. The van der Waals surface area contributed by atoms with Crippen LogP contribution in [0.1, 0.15) is 79.0 Å². The molecule has 0 amide bonds. The maximum Gasteiger partial charge on any atom is 0.0692 e. The SMILES string of the molecule is CC(C)(C)c1cc2cc3cc(C(C)(C)C)cc4cc5cc(C(C)(C)C)cc6[cH-]c(c1)c2c(c56)[c+]34. The Hall–Kier alpha value is -2.86. The van der Waals surface area contributed by atoms with Crippen molar-refractivity contribution < 1.29 is 0 Å². The lowest BCUT2D eigenvalue weighted by Crippen LogP contribution is -2.12. The van der Waals surface area contributed by atoms with Crippen LogP contribution in [0, 0.1) is 0 Å². The zero-order chi connectivity index (χ0) is 24.4. The molecule has 0 heterocycles. The molecule has 0 nitrogen and oxygen atoms in total. The Balaban J connectivity index is 1.92. The van der Waals surface area contributed by atoms with Crippen LogP contribution in [-0.4, -0.2) is 0 Å². The van der Waals surface area contributed by atoms with Crippen LogP contribution in [0.3, 0.4) is 0 Å². The van der Waals surface area contributed by atoms with Crippen molar-refractivity contribution in [2.45, 2.75) is 78.6 Å².